The lowest BCUT2D eigenvalue weighted by atomic mass is 10.0. The quantitative estimate of drug-likeness (QED) is 0.403. The minimum Gasteiger partial charge on any atom is -0.455 e. The van der Waals surface area contributed by atoms with Crippen molar-refractivity contribution in [3.63, 3.8) is 0 Å². The normalized spacial score (nSPS) is 10.2. The molecule has 0 bridgehead atoms. The number of ether oxygens (including phenoxy) is 1. The largest absolute Gasteiger partial charge is 0.455 e. The number of aromatic nitrogens is 1. The molecule has 28 heavy (non-hydrogen) atoms. The molecule has 0 aliphatic carbocycles. The molecule has 1 aromatic heterocycles. The van der Waals surface area contributed by atoms with Crippen LogP contribution in [-0.2, 0) is 0 Å². The van der Waals surface area contributed by atoms with Crippen molar-refractivity contribution >= 4 is 18.0 Å². The summed E-state index contributed by atoms with van der Waals surface area (Å²) in [4.78, 5) is 4.84. The van der Waals surface area contributed by atoms with E-state index < -0.39 is 0 Å². The first-order valence-corrected chi connectivity index (χ1v) is 9.34. The van der Waals surface area contributed by atoms with E-state index in [-0.39, 0.29) is 0 Å². The highest BCUT2D eigenvalue weighted by Gasteiger charge is 2.11. The third kappa shape index (κ3) is 4.00. The number of nitriles is 1. The van der Waals surface area contributed by atoms with Gasteiger partial charge in [0, 0.05) is 10.5 Å². The molecule has 0 aliphatic rings. The first-order valence-electron chi connectivity index (χ1n) is 8.52. The Kier molecular flexibility index (Phi) is 5.27. The molecule has 3 aromatic carbocycles. The zero-order valence-electron chi connectivity index (χ0n) is 14.7. The third-order valence-electron chi connectivity index (χ3n) is 3.95. The van der Waals surface area contributed by atoms with Crippen molar-refractivity contribution in [1.29, 1.82) is 5.26 Å². The molecule has 0 amide bonds. The van der Waals surface area contributed by atoms with E-state index in [0.717, 1.165) is 16.0 Å². The Morgan fingerprint density at radius 3 is 2.57 bits per heavy atom. The van der Waals surface area contributed by atoms with Gasteiger partial charge in [-0.25, -0.2) is 4.98 Å². The number of para-hydroxylation sites is 1. The summed E-state index contributed by atoms with van der Waals surface area (Å²) in [5.74, 6) is 1.20. The number of hydrogen-bond acceptors (Lipinski definition) is 6. The highest BCUT2D eigenvalue weighted by Crippen LogP contribution is 2.35. The highest BCUT2D eigenvalue weighted by atomic mass is 32.2. The van der Waals surface area contributed by atoms with E-state index in [1.807, 2.05) is 60.7 Å². The zero-order valence-corrected chi connectivity index (χ0v) is 15.5. The maximum Gasteiger partial charge on any atom is 0.305 e. The molecule has 0 saturated heterocycles. The number of oxazole rings is 1. The van der Waals surface area contributed by atoms with Crippen LogP contribution in [0.1, 0.15) is 5.56 Å². The fraction of sp³-hybridized carbons (Fsp3) is 0. The van der Waals surface area contributed by atoms with Gasteiger partial charge in [0.05, 0.1) is 11.8 Å². The average Bonchev–Trinajstić information content (AvgIpc) is 3.28. The van der Waals surface area contributed by atoms with Crippen LogP contribution in [0.25, 0.3) is 11.1 Å². The number of nitrogens with zero attached hydrogens (tertiary/aromatic N) is 2. The minimum absolute atomic E-state index is 0.403. The second kappa shape index (κ2) is 8.33. The second-order valence-electron chi connectivity index (χ2n) is 5.78. The van der Waals surface area contributed by atoms with Crippen LogP contribution in [0.4, 0.5) is 6.01 Å². The SMILES string of the molecule is N#Cc1cc(SNc2ncco2)ccc1Oc1ccccc1-c1ccccc1. The van der Waals surface area contributed by atoms with Crippen LogP contribution in [0.2, 0.25) is 0 Å². The van der Waals surface area contributed by atoms with Gasteiger partial charge < -0.3 is 9.15 Å². The molecule has 0 fully saturated rings. The van der Waals surface area contributed by atoms with Crippen molar-refractivity contribution in [3.05, 3.63) is 90.8 Å². The lowest BCUT2D eigenvalue weighted by Gasteiger charge is -2.13. The standard InChI is InChI=1S/C22H15N3O2S/c23-15-17-14-18(28-25-22-24-12-13-26-22)10-11-20(17)27-21-9-5-4-8-19(21)16-6-2-1-3-7-16/h1-14H,(H,24,25). The third-order valence-corrected chi connectivity index (χ3v) is 4.72. The van der Waals surface area contributed by atoms with Gasteiger partial charge >= 0.3 is 6.01 Å². The minimum atomic E-state index is 0.403. The van der Waals surface area contributed by atoms with Gasteiger partial charge in [-0.3, -0.25) is 4.72 Å². The van der Waals surface area contributed by atoms with Gasteiger partial charge in [0.15, 0.2) is 0 Å². The van der Waals surface area contributed by atoms with Crippen LogP contribution in [0.3, 0.4) is 0 Å². The van der Waals surface area contributed by atoms with E-state index in [1.54, 1.807) is 18.3 Å². The zero-order chi connectivity index (χ0) is 19.2. The van der Waals surface area contributed by atoms with Crippen LogP contribution >= 0.6 is 11.9 Å². The Morgan fingerprint density at radius 2 is 1.79 bits per heavy atom. The fourth-order valence-corrected chi connectivity index (χ4v) is 3.27. The molecule has 1 heterocycles. The molecule has 0 atom stereocenters. The average molecular weight is 385 g/mol. The summed E-state index contributed by atoms with van der Waals surface area (Å²) in [6, 6.07) is 25.8. The van der Waals surface area contributed by atoms with Crippen molar-refractivity contribution in [2.75, 3.05) is 4.72 Å². The predicted octanol–water partition coefficient (Wildman–Crippen LogP) is 6.12. The highest BCUT2D eigenvalue weighted by molar-refractivity contribution is 8.00. The Hall–Kier alpha value is -3.69. The van der Waals surface area contributed by atoms with Crippen LogP contribution in [0, 0.1) is 11.3 Å². The smallest absolute Gasteiger partial charge is 0.305 e. The van der Waals surface area contributed by atoms with E-state index >= 15 is 0 Å². The lowest BCUT2D eigenvalue weighted by molar-refractivity contribution is 0.482. The molecular formula is C22H15N3O2S. The topological polar surface area (TPSA) is 71.1 Å². The molecular weight excluding hydrogens is 370 g/mol. The van der Waals surface area contributed by atoms with Gasteiger partial charge in [-0.05, 0) is 41.8 Å². The van der Waals surface area contributed by atoms with Gasteiger partial charge in [-0.2, -0.15) is 5.26 Å². The van der Waals surface area contributed by atoms with Crippen molar-refractivity contribution in [2.24, 2.45) is 0 Å². The van der Waals surface area contributed by atoms with E-state index in [4.69, 9.17) is 9.15 Å². The summed E-state index contributed by atoms with van der Waals surface area (Å²) in [5.41, 5.74) is 2.47. The monoisotopic (exact) mass is 385 g/mol. The lowest BCUT2D eigenvalue weighted by Crippen LogP contribution is -1.92. The van der Waals surface area contributed by atoms with Crippen molar-refractivity contribution in [3.8, 4) is 28.7 Å². The van der Waals surface area contributed by atoms with E-state index in [9.17, 15) is 5.26 Å². The summed E-state index contributed by atoms with van der Waals surface area (Å²) in [6.45, 7) is 0. The summed E-state index contributed by atoms with van der Waals surface area (Å²) in [5, 5.41) is 9.57. The molecule has 0 unspecified atom stereocenters. The Morgan fingerprint density at radius 1 is 0.964 bits per heavy atom. The predicted molar refractivity (Wildman–Crippen MR) is 109 cm³/mol. The summed E-state index contributed by atoms with van der Waals surface area (Å²) in [6.07, 6.45) is 3.05. The maximum absolute atomic E-state index is 9.57. The number of anilines is 1. The van der Waals surface area contributed by atoms with Gasteiger partial charge in [-0.15, -0.1) is 0 Å². The van der Waals surface area contributed by atoms with Crippen molar-refractivity contribution in [1.82, 2.24) is 4.98 Å². The molecule has 4 aromatic rings. The molecule has 136 valence electrons. The van der Waals surface area contributed by atoms with Crippen LogP contribution in [-0.4, -0.2) is 4.98 Å². The summed E-state index contributed by atoms with van der Waals surface area (Å²) in [7, 11) is 0. The van der Waals surface area contributed by atoms with Crippen LogP contribution in [0.5, 0.6) is 11.5 Å². The molecule has 1 N–H and O–H groups in total. The number of rotatable bonds is 6. The number of benzene rings is 3. The van der Waals surface area contributed by atoms with Crippen LogP contribution < -0.4 is 9.46 Å². The van der Waals surface area contributed by atoms with Gasteiger partial charge in [0.25, 0.3) is 0 Å². The second-order valence-corrected chi connectivity index (χ2v) is 6.66. The Balaban J connectivity index is 1.58. The van der Waals surface area contributed by atoms with Gasteiger partial charge in [0.2, 0.25) is 0 Å². The maximum atomic E-state index is 9.57. The first-order chi connectivity index (χ1) is 13.8. The Bertz CT molecular complexity index is 1110. The molecule has 0 radical (unpaired) electrons. The van der Waals surface area contributed by atoms with Gasteiger partial charge in [-0.1, -0.05) is 48.5 Å². The molecule has 0 spiro atoms. The molecule has 0 saturated carbocycles. The summed E-state index contributed by atoms with van der Waals surface area (Å²) < 4.78 is 14.2. The van der Waals surface area contributed by atoms with Crippen LogP contribution in [0.15, 0.2) is 94.6 Å². The van der Waals surface area contributed by atoms with Crippen molar-refractivity contribution in [2.45, 2.75) is 4.90 Å². The number of nitrogens with one attached hydrogen (secondary N) is 1. The van der Waals surface area contributed by atoms with E-state index in [2.05, 4.69) is 15.8 Å². The molecule has 4 rings (SSSR count). The molecule has 5 nitrogen and oxygen atoms in total. The summed E-state index contributed by atoms with van der Waals surface area (Å²) >= 11 is 1.31. The van der Waals surface area contributed by atoms with E-state index in [1.165, 1.54) is 18.2 Å². The number of hydrogen-bond donors (Lipinski definition) is 1. The van der Waals surface area contributed by atoms with E-state index in [0.29, 0.717) is 23.1 Å². The first kappa shape index (κ1) is 17.7. The molecule has 6 heteroatoms. The van der Waals surface area contributed by atoms with Crippen molar-refractivity contribution < 1.29 is 9.15 Å². The van der Waals surface area contributed by atoms with Gasteiger partial charge in [0.1, 0.15) is 23.8 Å². The molecule has 0 aliphatic heterocycles. The Labute approximate surface area is 166 Å². The fourth-order valence-electron chi connectivity index (χ4n) is 2.66.